The number of hydrazone groups is 1. The van der Waals surface area contributed by atoms with Gasteiger partial charge in [-0.1, -0.05) is 0 Å². The summed E-state index contributed by atoms with van der Waals surface area (Å²) in [6.45, 7) is 6.65. The number of nitrogens with zero attached hydrogens (tertiary/aromatic N) is 3. The Morgan fingerprint density at radius 1 is 1.36 bits per heavy atom. The van der Waals surface area contributed by atoms with Gasteiger partial charge in [0.15, 0.2) is 0 Å². The third-order valence-electron chi connectivity index (χ3n) is 3.01. The van der Waals surface area contributed by atoms with Crippen LogP contribution in [0.4, 0.5) is 5.69 Å². The van der Waals surface area contributed by atoms with E-state index in [2.05, 4.69) is 19.3 Å². The highest BCUT2D eigenvalue weighted by Crippen LogP contribution is 2.25. The summed E-state index contributed by atoms with van der Waals surface area (Å²) in [5.74, 6) is -1.63. The largest absolute Gasteiger partial charge is 0.465 e. The van der Waals surface area contributed by atoms with Crippen molar-refractivity contribution in [1.29, 1.82) is 5.26 Å². The molecule has 0 saturated carbocycles. The number of carbonyl (C=O) groups excluding carboxylic acids is 2. The number of nitrogens with one attached hydrogen (secondary N) is 1. The van der Waals surface area contributed by atoms with Gasteiger partial charge in [0.25, 0.3) is 0 Å². The van der Waals surface area contributed by atoms with Crippen molar-refractivity contribution in [2.45, 2.75) is 38.1 Å². The zero-order valence-electron chi connectivity index (χ0n) is 16.2. The van der Waals surface area contributed by atoms with Crippen molar-refractivity contribution in [2.24, 2.45) is 5.10 Å². The second-order valence-corrected chi connectivity index (χ2v) is 8.09. The molecule has 11 heteroatoms. The number of sulfonamides is 1. The number of carbonyl (C=O) groups is 2. The molecule has 0 aromatic heterocycles. The number of nitriles is 1. The van der Waals surface area contributed by atoms with Crippen molar-refractivity contribution in [1.82, 2.24) is 4.72 Å². The first kappa shape index (κ1) is 23.1. The minimum absolute atomic E-state index is 0.0185. The highest BCUT2D eigenvalue weighted by atomic mass is 32.2. The number of esters is 2. The van der Waals surface area contributed by atoms with Gasteiger partial charge in [0.2, 0.25) is 16.2 Å². The zero-order chi connectivity index (χ0) is 21.5. The predicted octanol–water partition coefficient (Wildman–Crippen LogP) is 1.39. The Balaban J connectivity index is 3.47. The van der Waals surface area contributed by atoms with Gasteiger partial charge in [-0.05, 0) is 45.9 Å². The summed E-state index contributed by atoms with van der Waals surface area (Å²) in [7, 11) is -3.02. The number of methoxy groups -OCH3 is 1. The topological polar surface area (TPSA) is 138 Å². The van der Waals surface area contributed by atoms with Crippen LogP contribution in [0.2, 0.25) is 0 Å². The van der Waals surface area contributed by atoms with E-state index in [9.17, 15) is 23.3 Å². The van der Waals surface area contributed by atoms with Crippen LogP contribution in [0.15, 0.2) is 28.2 Å². The lowest BCUT2D eigenvalue weighted by Crippen LogP contribution is -2.41. The van der Waals surface area contributed by atoms with Gasteiger partial charge >= 0.3 is 11.9 Å². The lowest BCUT2D eigenvalue weighted by atomic mass is 10.1. The fraction of sp³-hybridized carbons (Fsp3) is 0.412. The molecule has 0 radical (unpaired) electrons. The molecule has 0 aliphatic heterocycles. The van der Waals surface area contributed by atoms with Crippen molar-refractivity contribution in [3.63, 3.8) is 0 Å². The van der Waals surface area contributed by atoms with Crippen LogP contribution in [0.5, 0.6) is 0 Å². The normalized spacial score (nSPS) is 11.7. The Hall–Kier alpha value is -2.97. The maximum absolute atomic E-state index is 12.8. The second-order valence-electron chi connectivity index (χ2n) is 6.44. The van der Waals surface area contributed by atoms with Crippen molar-refractivity contribution in [2.75, 3.05) is 18.7 Å². The van der Waals surface area contributed by atoms with E-state index < -0.39 is 32.4 Å². The lowest BCUT2D eigenvalue weighted by molar-refractivity contribution is -0.134. The summed E-state index contributed by atoms with van der Waals surface area (Å²) in [5, 5.41) is 13.7. The Labute approximate surface area is 163 Å². The number of benzene rings is 1. The standard InChI is InChI=1S/C17H22N4O6S/c1-6-27-15(22)10-19-21(11-18)12-7-8-13(16(23)26-5)14(9-12)28(24,25)20-17(2,3)4/h7-10,20H,6H2,1-5H3. The summed E-state index contributed by atoms with van der Waals surface area (Å²) in [5.41, 5.74) is -1.01. The highest BCUT2D eigenvalue weighted by Gasteiger charge is 2.28. The quantitative estimate of drug-likeness (QED) is 0.234. The molecule has 152 valence electrons. The third-order valence-corrected chi connectivity index (χ3v) is 4.80. The van der Waals surface area contributed by atoms with Gasteiger partial charge in [-0.15, -0.1) is 0 Å². The minimum Gasteiger partial charge on any atom is -0.465 e. The van der Waals surface area contributed by atoms with Gasteiger partial charge < -0.3 is 9.47 Å². The molecule has 1 rings (SSSR count). The summed E-state index contributed by atoms with van der Waals surface area (Å²) in [6, 6.07) is 3.59. The second kappa shape index (κ2) is 9.29. The summed E-state index contributed by atoms with van der Waals surface area (Å²) in [4.78, 5) is 23.0. The Morgan fingerprint density at radius 2 is 2.00 bits per heavy atom. The minimum atomic E-state index is -4.14. The first-order valence-electron chi connectivity index (χ1n) is 8.12. The molecule has 0 bridgehead atoms. The van der Waals surface area contributed by atoms with Crippen molar-refractivity contribution < 1.29 is 27.5 Å². The van der Waals surface area contributed by atoms with Gasteiger partial charge in [-0.25, -0.2) is 22.7 Å². The molecule has 0 atom stereocenters. The smallest absolute Gasteiger partial charge is 0.351 e. The SMILES string of the molecule is CCOC(=O)C=NN(C#N)c1ccc(C(=O)OC)c(S(=O)(=O)NC(C)(C)C)c1. The molecule has 10 nitrogen and oxygen atoms in total. The average molecular weight is 410 g/mol. The molecule has 1 aromatic carbocycles. The molecule has 0 fully saturated rings. The van der Waals surface area contributed by atoms with Crippen LogP contribution in [-0.2, 0) is 24.3 Å². The van der Waals surface area contributed by atoms with E-state index in [4.69, 9.17) is 0 Å². The molecule has 0 amide bonds. The molecule has 1 N–H and O–H groups in total. The van der Waals surface area contributed by atoms with E-state index in [1.165, 1.54) is 12.1 Å². The molecular formula is C17H22N4O6S. The van der Waals surface area contributed by atoms with Gasteiger partial charge in [0, 0.05) is 5.54 Å². The van der Waals surface area contributed by atoms with Crippen molar-refractivity contribution in [3.8, 4) is 6.19 Å². The molecular weight excluding hydrogens is 388 g/mol. The van der Waals surface area contributed by atoms with E-state index in [0.717, 1.165) is 19.4 Å². The number of ether oxygens (including phenoxy) is 2. The number of hydrogen-bond acceptors (Lipinski definition) is 9. The van der Waals surface area contributed by atoms with Crippen LogP contribution in [0.1, 0.15) is 38.1 Å². The van der Waals surface area contributed by atoms with Gasteiger partial charge in [0.05, 0.1) is 29.9 Å². The first-order chi connectivity index (χ1) is 12.9. The van der Waals surface area contributed by atoms with Crippen LogP contribution in [0.25, 0.3) is 0 Å². The van der Waals surface area contributed by atoms with E-state index in [1.807, 2.05) is 0 Å². The van der Waals surface area contributed by atoms with E-state index in [-0.39, 0.29) is 17.9 Å². The fourth-order valence-electron chi connectivity index (χ4n) is 2.04. The van der Waals surface area contributed by atoms with Gasteiger partial charge in [-0.3, -0.25) is 0 Å². The van der Waals surface area contributed by atoms with Crippen LogP contribution < -0.4 is 9.73 Å². The molecule has 1 aromatic rings. The molecule has 0 spiro atoms. The van der Waals surface area contributed by atoms with Crippen molar-refractivity contribution >= 4 is 33.9 Å². The Kier molecular flexibility index (Phi) is 7.66. The number of anilines is 1. The molecule has 0 saturated heterocycles. The molecule has 28 heavy (non-hydrogen) atoms. The molecule has 0 aliphatic carbocycles. The summed E-state index contributed by atoms with van der Waals surface area (Å²) < 4.78 is 37.3. The van der Waals surface area contributed by atoms with E-state index in [0.29, 0.717) is 5.01 Å². The van der Waals surface area contributed by atoms with Crippen LogP contribution in [0, 0.1) is 11.5 Å². The molecule has 0 unspecified atom stereocenters. The first-order valence-corrected chi connectivity index (χ1v) is 9.60. The van der Waals surface area contributed by atoms with E-state index >= 15 is 0 Å². The summed E-state index contributed by atoms with van der Waals surface area (Å²) in [6.07, 6.45) is 2.48. The number of rotatable bonds is 7. The molecule has 0 aliphatic rings. The van der Waals surface area contributed by atoms with Crippen molar-refractivity contribution in [3.05, 3.63) is 23.8 Å². The average Bonchev–Trinajstić information content (AvgIpc) is 2.59. The maximum Gasteiger partial charge on any atom is 0.351 e. The van der Waals surface area contributed by atoms with E-state index in [1.54, 1.807) is 33.9 Å². The Morgan fingerprint density at radius 3 is 2.50 bits per heavy atom. The van der Waals surface area contributed by atoms with Gasteiger partial charge in [-0.2, -0.15) is 15.4 Å². The van der Waals surface area contributed by atoms with Crippen LogP contribution >= 0.6 is 0 Å². The molecule has 0 heterocycles. The highest BCUT2D eigenvalue weighted by molar-refractivity contribution is 7.89. The van der Waals surface area contributed by atoms with Gasteiger partial charge in [0.1, 0.15) is 6.21 Å². The number of hydrogen-bond donors (Lipinski definition) is 1. The fourth-order valence-corrected chi connectivity index (χ4v) is 3.67. The van der Waals surface area contributed by atoms with Crippen LogP contribution in [-0.4, -0.2) is 45.8 Å². The predicted molar refractivity (Wildman–Crippen MR) is 101 cm³/mol. The summed E-state index contributed by atoms with van der Waals surface area (Å²) >= 11 is 0. The maximum atomic E-state index is 12.8. The monoisotopic (exact) mass is 410 g/mol. The van der Waals surface area contributed by atoms with Crippen LogP contribution in [0.3, 0.4) is 0 Å². The Bertz CT molecular complexity index is 913. The lowest BCUT2D eigenvalue weighted by Gasteiger charge is -2.22. The third kappa shape index (κ3) is 6.33. The zero-order valence-corrected chi connectivity index (χ0v) is 17.0.